The Bertz CT molecular complexity index is 3420. The fourth-order valence-electron chi connectivity index (χ4n) is 9.70. The summed E-state index contributed by atoms with van der Waals surface area (Å²) in [7, 11) is 0. The Hall–Kier alpha value is -8.14. The predicted molar refractivity (Wildman–Crippen MR) is 254 cm³/mol. The molecule has 2 aromatic heterocycles. The Morgan fingerprint density at radius 3 is 1.50 bits per heavy atom. The molecule has 0 unspecified atom stereocenters. The molecule has 0 amide bonds. The number of rotatable bonds is 7. The molecule has 1 aliphatic rings. The number of fused-ring (bicyclic) bond motifs is 6. The van der Waals surface area contributed by atoms with E-state index in [1.807, 2.05) is 30.3 Å². The van der Waals surface area contributed by atoms with Crippen LogP contribution in [0.1, 0.15) is 22.3 Å². The summed E-state index contributed by atoms with van der Waals surface area (Å²) in [5, 5.41) is 2.25. The highest BCUT2D eigenvalue weighted by Gasteiger charge is 2.46. The molecule has 0 saturated carbocycles. The van der Waals surface area contributed by atoms with Crippen LogP contribution in [-0.2, 0) is 5.41 Å². The average molecular weight is 791 g/mol. The van der Waals surface area contributed by atoms with Gasteiger partial charge in [-0.3, -0.25) is 0 Å². The van der Waals surface area contributed by atoms with E-state index in [0.29, 0.717) is 5.82 Å². The number of benzene rings is 9. The fourth-order valence-corrected chi connectivity index (χ4v) is 9.70. The molecule has 11 aromatic rings. The highest BCUT2D eigenvalue weighted by atomic mass is 16.3. The molecular weight excluding hydrogens is 753 g/mol. The van der Waals surface area contributed by atoms with Crippen molar-refractivity contribution < 1.29 is 4.42 Å². The van der Waals surface area contributed by atoms with Crippen LogP contribution in [0.5, 0.6) is 0 Å². The Balaban J connectivity index is 0.978. The van der Waals surface area contributed by atoms with E-state index >= 15 is 0 Å². The highest BCUT2D eigenvalue weighted by Crippen LogP contribution is 2.56. The van der Waals surface area contributed by atoms with Crippen LogP contribution in [0.3, 0.4) is 0 Å². The van der Waals surface area contributed by atoms with E-state index in [2.05, 4.69) is 200 Å². The molecule has 290 valence electrons. The van der Waals surface area contributed by atoms with Crippen molar-refractivity contribution in [2.24, 2.45) is 0 Å². The lowest BCUT2D eigenvalue weighted by Crippen LogP contribution is -2.28. The van der Waals surface area contributed by atoms with Gasteiger partial charge in [-0.2, -0.15) is 0 Å². The largest absolute Gasteiger partial charge is 0.456 e. The average Bonchev–Trinajstić information content (AvgIpc) is 3.88. The van der Waals surface area contributed by atoms with Crippen LogP contribution < -0.4 is 0 Å². The van der Waals surface area contributed by atoms with Gasteiger partial charge in [0.1, 0.15) is 11.2 Å². The van der Waals surface area contributed by atoms with Crippen LogP contribution in [0.25, 0.3) is 89.2 Å². The van der Waals surface area contributed by atoms with E-state index in [4.69, 9.17) is 14.4 Å². The van der Waals surface area contributed by atoms with Crippen molar-refractivity contribution >= 4 is 21.9 Å². The van der Waals surface area contributed by atoms with Crippen molar-refractivity contribution in [1.82, 2.24) is 9.97 Å². The van der Waals surface area contributed by atoms with Crippen molar-refractivity contribution in [3.05, 3.63) is 253 Å². The molecular formula is C59H38N2O. The Morgan fingerprint density at radius 2 is 0.806 bits per heavy atom. The molecule has 2 heterocycles. The minimum Gasteiger partial charge on any atom is -0.456 e. The second-order valence-electron chi connectivity index (χ2n) is 16.1. The minimum absolute atomic E-state index is 0.472. The van der Waals surface area contributed by atoms with Crippen molar-refractivity contribution in [3.63, 3.8) is 0 Å². The van der Waals surface area contributed by atoms with Crippen LogP contribution in [-0.4, -0.2) is 9.97 Å². The van der Waals surface area contributed by atoms with E-state index in [1.165, 1.54) is 33.4 Å². The number of hydrogen-bond acceptors (Lipinski definition) is 3. The van der Waals surface area contributed by atoms with Crippen molar-refractivity contribution in [1.29, 1.82) is 0 Å². The third-order valence-corrected chi connectivity index (χ3v) is 12.6. The molecule has 0 aliphatic heterocycles. The second kappa shape index (κ2) is 14.5. The zero-order valence-electron chi connectivity index (χ0n) is 33.7. The molecule has 12 rings (SSSR count). The zero-order chi connectivity index (χ0) is 41.0. The molecule has 0 atom stereocenters. The third-order valence-electron chi connectivity index (χ3n) is 12.6. The number of hydrogen-bond donors (Lipinski definition) is 0. The standard InChI is InChI=1S/C59H38N2O/c1-4-16-39(17-5-1)58-60-54(38-55(61-58)45-21-15-19-41(35-45)43-31-33-51-50-27-11-13-29-56(50)62-57(51)37-43)44-20-14-18-40(34-44)42-30-32-49-48-26-10-12-28-52(48)59(53(49)36-42,46-22-6-2-7-23-46)47-24-8-3-9-25-47/h1-38H. The normalized spacial score (nSPS) is 12.6. The molecule has 62 heavy (non-hydrogen) atoms. The van der Waals surface area contributed by atoms with Gasteiger partial charge in [0.2, 0.25) is 0 Å². The molecule has 1 aliphatic carbocycles. The fraction of sp³-hybridized carbons (Fsp3) is 0.0169. The van der Waals surface area contributed by atoms with Gasteiger partial charge in [-0.15, -0.1) is 0 Å². The first-order valence-electron chi connectivity index (χ1n) is 21.1. The monoisotopic (exact) mass is 790 g/mol. The topological polar surface area (TPSA) is 38.9 Å². The first-order valence-corrected chi connectivity index (χ1v) is 21.1. The lowest BCUT2D eigenvalue weighted by molar-refractivity contribution is 0.669. The van der Waals surface area contributed by atoms with Crippen molar-refractivity contribution in [2.45, 2.75) is 5.41 Å². The summed E-state index contributed by atoms with van der Waals surface area (Å²) in [6.45, 7) is 0. The molecule has 9 aromatic carbocycles. The number of nitrogens with zero attached hydrogens (tertiary/aromatic N) is 2. The van der Waals surface area contributed by atoms with Crippen molar-refractivity contribution in [2.75, 3.05) is 0 Å². The summed E-state index contributed by atoms with van der Waals surface area (Å²) in [5.74, 6) is 0.684. The summed E-state index contributed by atoms with van der Waals surface area (Å²) in [5.41, 5.74) is 18.1. The molecule has 3 heteroatoms. The second-order valence-corrected chi connectivity index (χ2v) is 16.1. The summed E-state index contributed by atoms with van der Waals surface area (Å²) >= 11 is 0. The molecule has 0 spiro atoms. The van der Waals surface area contributed by atoms with E-state index in [-0.39, 0.29) is 0 Å². The minimum atomic E-state index is -0.472. The maximum Gasteiger partial charge on any atom is 0.160 e. The highest BCUT2D eigenvalue weighted by molar-refractivity contribution is 6.06. The Labute approximate surface area is 360 Å². The van der Waals surface area contributed by atoms with Gasteiger partial charge in [0, 0.05) is 27.5 Å². The van der Waals surface area contributed by atoms with Gasteiger partial charge in [-0.1, -0.05) is 188 Å². The Morgan fingerprint density at radius 1 is 0.306 bits per heavy atom. The first-order chi connectivity index (χ1) is 30.7. The van der Waals surface area contributed by atoms with Gasteiger partial charge in [0.15, 0.2) is 5.82 Å². The smallest absolute Gasteiger partial charge is 0.160 e. The van der Waals surface area contributed by atoms with Crippen molar-refractivity contribution in [3.8, 4) is 67.3 Å². The molecule has 3 nitrogen and oxygen atoms in total. The lowest BCUT2D eigenvalue weighted by Gasteiger charge is -2.34. The van der Waals surface area contributed by atoms with Gasteiger partial charge >= 0.3 is 0 Å². The molecule has 0 fully saturated rings. The number of aromatic nitrogens is 2. The summed E-state index contributed by atoms with van der Waals surface area (Å²) < 4.78 is 6.27. The first kappa shape index (κ1) is 35.8. The summed E-state index contributed by atoms with van der Waals surface area (Å²) in [6, 6.07) is 82.3. The number of para-hydroxylation sites is 1. The van der Waals surface area contributed by atoms with Crippen LogP contribution in [0.4, 0.5) is 0 Å². The van der Waals surface area contributed by atoms with Crippen LogP contribution >= 0.6 is 0 Å². The predicted octanol–water partition coefficient (Wildman–Crippen LogP) is 15.1. The SMILES string of the molecule is c1ccc(-c2nc(-c3cccc(-c4ccc5c(c4)C(c4ccccc4)(c4ccccc4)c4ccccc4-5)c3)cc(-c3cccc(-c4ccc5c(c4)oc4ccccc45)c3)n2)cc1. The van der Waals surface area contributed by atoms with Gasteiger partial charge in [-0.25, -0.2) is 9.97 Å². The Kier molecular flexibility index (Phi) is 8.39. The van der Waals surface area contributed by atoms with Crippen LogP contribution in [0.15, 0.2) is 235 Å². The van der Waals surface area contributed by atoms with E-state index < -0.39 is 5.41 Å². The van der Waals surface area contributed by atoms with Crippen LogP contribution in [0.2, 0.25) is 0 Å². The van der Waals surface area contributed by atoms with Gasteiger partial charge in [-0.05, 0) is 98.1 Å². The molecule has 0 radical (unpaired) electrons. The summed E-state index contributed by atoms with van der Waals surface area (Å²) in [4.78, 5) is 10.4. The van der Waals surface area contributed by atoms with Crippen LogP contribution in [0, 0.1) is 0 Å². The zero-order valence-corrected chi connectivity index (χ0v) is 33.7. The van der Waals surface area contributed by atoms with Gasteiger partial charge in [0.25, 0.3) is 0 Å². The summed E-state index contributed by atoms with van der Waals surface area (Å²) in [6.07, 6.45) is 0. The van der Waals surface area contributed by atoms with E-state index in [0.717, 1.165) is 72.3 Å². The van der Waals surface area contributed by atoms with Gasteiger partial charge in [0.05, 0.1) is 16.8 Å². The molecule has 0 N–H and O–H groups in total. The quantitative estimate of drug-likeness (QED) is 0.161. The van der Waals surface area contributed by atoms with E-state index in [9.17, 15) is 0 Å². The molecule has 0 saturated heterocycles. The van der Waals surface area contributed by atoms with E-state index in [1.54, 1.807) is 0 Å². The third kappa shape index (κ3) is 5.82. The maximum absolute atomic E-state index is 6.27. The van der Waals surface area contributed by atoms with Gasteiger partial charge < -0.3 is 4.42 Å². The maximum atomic E-state index is 6.27. The number of furan rings is 1. The molecule has 0 bridgehead atoms. The lowest BCUT2D eigenvalue weighted by atomic mass is 9.67.